The SMILES string of the molecule is COCC(=O)N1CCc2[nH]cnc2C12CCN(Cc1ncc(C)[nH]1)CC2. The van der Waals surface area contributed by atoms with E-state index in [-0.39, 0.29) is 18.1 Å². The van der Waals surface area contributed by atoms with Crippen LogP contribution in [0.15, 0.2) is 12.5 Å². The molecule has 8 nitrogen and oxygen atoms in total. The maximum absolute atomic E-state index is 12.7. The number of carbonyl (C=O) groups excluding carboxylic acids is 1. The van der Waals surface area contributed by atoms with Gasteiger partial charge >= 0.3 is 0 Å². The Hall–Kier alpha value is -2.19. The van der Waals surface area contributed by atoms with Crippen molar-refractivity contribution in [2.75, 3.05) is 33.4 Å². The Balaban J connectivity index is 1.54. The molecule has 0 aromatic carbocycles. The van der Waals surface area contributed by atoms with E-state index < -0.39 is 0 Å². The molecule has 2 aliphatic rings. The number of imidazole rings is 2. The number of carbonyl (C=O) groups is 1. The Labute approximate surface area is 153 Å². The van der Waals surface area contributed by atoms with Crippen LogP contribution in [0.1, 0.15) is 35.7 Å². The molecule has 0 aliphatic carbocycles. The lowest BCUT2D eigenvalue weighted by atomic mass is 9.78. The standard InChI is InChI=1S/C18H26N6O2/c1-13-9-19-15(22-13)10-23-7-4-18(5-8-23)17-14(20-12-21-17)3-6-24(18)16(25)11-26-2/h9,12H,3-8,10-11H2,1-2H3,(H,19,22)(H,20,21). The van der Waals surface area contributed by atoms with Crippen molar-refractivity contribution in [1.29, 1.82) is 0 Å². The minimum absolute atomic E-state index is 0.0521. The predicted molar refractivity (Wildman–Crippen MR) is 95.4 cm³/mol. The first kappa shape index (κ1) is 17.2. The third kappa shape index (κ3) is 2.93. The zero-order chi connectivity index (χ0) is 18.1. The summed E-state index contributed by atoms with van der Waals surface area (Å²) in [4.78, 5) is 32.7. The van der Waals surface area contributed by atoms with Gasteiger partial charge in [0.25, 0.3) is 0 Å². The number of piperidine rings is 1. The Morgan fingerprint density at radius 1 is 1.31 bits per heavy atom. The molecule has 2 aliphatic heterocycles. The fourth-order valence-electron chi connectivity index (χ4n) is 4.39. The number of fused-ring (bicyclic) bond motifs is 2. The van der Waals surface area contributed by atoms with Crippen LogP contribution in [0.5, 0.6) is 0 Å². The maximum Gasteiger partial charge on any atom is 0.249 e. The van der Waals surface area contributed by atoms with Crippen molar-refractivity contribution >= 4 is 5.91 Å². The summed E-state index contributed by atoms with van der Waals surface area (Å²) in [5.41, 5.74) is 2.97. The van der Waals surface area contributed by atoms with Gasteiger partial charge in [0.1, 0.15) is 12.4 Å². The second kappa shape index (κ2) is 6.85. The van der Waals surface area contributed by atoms with E-state index in [0.717, 1.165) is 62.7 Å². The van der Waals surface area contributed by atoms with Crippen molar-refractivity contribution in [3.8, 4) is 0 Å². The van der Waals surface area contributed by atoms with Crippen LogP contribution in [0.3, 0.4) is 0 Å². The van der Waals surface area contributed by atoms with Gasteiger partial charge in [0.2, 0.25) is 5.91 Å². The Kier molecular flexibility index (Phi) is 4.54. The van der Waals surface area contributed by atoms with Crippen molar-refractivity contribution in [1.82, 2.24) is 29.7 Å². The number of nitrogens with zero attached hydrogens (tertiary/aromatic N) is 4. The summed E-state index contributed by atoms with van der Waals surface area (Å²) in [5, 5.41) is 0. The van der Waals surface area contributed by atoms with Crippen LogP contribution in [-0.4, -0.2) is 69.0 Å². The van der Waals surface area contributed by atoms with E-state index in [9.17, 15) is 4.79 Å². The number of methoxy groups -OCH3 is 1. The number of H-pyrrole nitrogens is 2. The van der Waals surface area contributed by atoms with Gasteiger partial charge in [-0.05, 0) is 19.8 Å². The van der Waals surface area contributed by atoms with Gasteiger partial charge in [-0.3, -0.25) is 9.69 Å². The quantitative estimate of drug-likeness (QED) is 0.850. The number of aromatic amines is 2. The topological polar surface area (TPSA) is 90.1 Å². The number of aromatic nitrogens is 4. The molecule has 26 heavy (non-hydrogen) atoms. The van der Waals surface area contributed by atoms with Gasteiger partial charge in [-0.2, -0.15) is 0 Å². The van der Waals surface area contributed by atoms with E-state index in [2.05, 4.69) is 24.8 Å². The van der Waals surface area contributed by atoms with Crippen LogP contribution >= 0.6 is 0 Å². The number of amides is 1. The lowest BCUT2D eigenvalue weighted by molar-refractivity contribution is -0.146. The van der Waals surface area contributed by atoms with E-state index in [1.807, 2.05) is 18.0 Å². The fraction of sp³-hybridized carbons (Fsp3) is 0.611. The zero-order valence-electron chi connectivity index (χ0n) is 15.4. The minimum Gasteiger partial charge on any atom is -0.375 e. The molecule has 4 rings (SSSR count). The molecule has 1 saturated heterocycles. The molecule has 1 fully saturated rings. The van der Waals surface area contributed by atoms with Gasteiger partial charge in [0, 0.05) is 50.7 Å². The monoisotopic (exact) mass is 358 g/mol. The van der Waals surface area contributed by atoms with Crippen molar-refractivity contribution in [3.05, 3.63) is 35.4 Å². The highest BCUT2D eigenvalue weighted by Crippen LogP contribution is 2.42. The number of nitrogens with one attached hydrogen (secondary N) is 2. The number of hydrogen-bond acceptors (Lipinski definition) is 5. The van der Waals surface area contributed by atoms with Gasteiger partial charge in [0.05, 0.1) is 24.1 Å². The van der Waals surface area contributed by atoms with Crippen LogP contribution in [0.2, 0.25) is 0 Å². The van der Waals surface area contributed by atoms with Crippen LogP contribution in [0.25, 0.3) is 0 Å². The van der Waals surface area contributed by atoms with Gasteiger partial charge in [-0.25, -0.2) is 9.97 Å². The van der Waals surface area contributed by atoms with E-state index in [0.29, 0.717) is 0 Å². The van der Waals surface area contributed by atoms with Gasteiger partial charge in [-0.1, -0.05) is 0 Å². The summed E-state index contributed by atoms with van der Waals surface area (Å²) in [5.74, 6) is 1.05. The maximum atomic E-state index is 12.7. The second-order valence-electron chi connectivity index (χ2n) is 7.28. The zero-order valence-corrected chi connectivity index (χ0v) is 15.4. The normalized spacial score (nSPS) is 19.7. The predicted octanol–water partition coefficient (Wildman–Crippen LogP) is 0.964. The van der Waals surface area contributed by atoms with Crippen molar-refractivity contribution in [2.45, 2.75) is 38.3 Å². The highest BCUT2D eigenvalue weighted by atomic mass is 16.5. The first-order valence-corrected chi connectivity index (χ1v) is 9.17. The van der Waals surface area contributed by atoms with Gasteiger partial charge < -0.3 is 19.6 Å². The van der Waals surface area contributed by atoms with Crippen molar-refractivity contribution in [2.24, 2.45) is 0 Å². The van der Waals surface area contributed by atoms with E-state index in [1.54, 1.807) is 13.4 Å². The molecular formula is C18H26N6O2. The summed E-state index contributed by atoms with van der Waals surface area (Å²) < 4.78 is 5.12. The molecule has 0 radical (unpaired) electrons. The number of likely N-dealkylation sites (tertiary alicyclic amines) is 1. The number of aryl methyl sites for hydroxylation is 1. The molecule has 4 heterocycles. The molecule has 140 valence electrons. The number of ether oxygens (including phenoxy) is 1. The van der Waals surface area contributed by atoms with E-state index in [1.165, 1.54) is 5.69 Å². The molecule has 8 heteroatoms. The van der Waals surface area contributed by atoms with Gasteiger partial charge in [0.15, 0.2) is 0 Å². The fourth-order valence-corrected chi connectivity index (χ4v) is 4.39. The Morgan fingerprint density at radius 3 is 2.81 bits per heavy atom. The number of hydrogen-bond donors (Lipinski definition) is 2. The average molecular weight is 358 g/mol. The first-order valence-electron chi connectivity index (χ1n) is 9.17. The lowest BCUT2D eigenvalue weighted by Crippen LogP contribution is -2.58. The molecule has 2 aromatic heterocycles. The van der Waals surface area contributed by atoms with E-state index in [4.69, 9.17) is 4.74 Å². The van der Waals surface area contributed by atoms with Crippen LogP contribution in [-0.2, 0) is 28.0 Å². The highest BCUT2D eigenvalue weighted by molar-refractivity contribution is 5.79. The molecule has 0 saturated carbocycles. The lowest BCUT2D eigenvalue weighted by Gasteiger charge is -2.50. The molecule has 1 amide bonds. The van der Waals surface area contributed by atoms with Crippen molar-refractivity contribution in [3.63, 3.8) is 0 Å². The van der Waals surface area contributed by atoms with Crippen LogP contribution < -0.4 is 0 Å². The summed E-state index contributed by atoms with van der Waals surface area (Å²) in [6, 6.07) is 0. The van der Waals surface area contributed by atoms with Crippen LogP contribution in [0, 0.1) is 6.92 Å². The van der Waals surface area contributed by atoms with Crippen LogP contribution in [0.4, 0.5) is 0 Å². The summed E-state index contributed by atoms with van der Waals surface area (Å²) >= 11 is 0. The smallest absolute Gasteiger partial charge is 0.249 e. The third-order valence-corrected chi connectivity index (χ3v) is 5.64. The third-order valence-electron chi connectivity index (χ3n) is 5.64. The molecule has 0 bridgehead atoms. The molecule has 0 unspecified atom stereocenters. The highest BCUT2D eigenvalue weighted by Gasteiger charge is 2.48. The molecule has 2 aromatic rings. The van der Waals surface area contributed by atoms with Gasteiger partial charge in [-0.15, -0.1) is 0 Å². The van der Waals surface area contributed by atoms with Crippen molar-refractivity contribution < 1.29 is 9.53 Å². The summed E-state index contributed by atoms with van der Waals surface area (Å²) in [6.07, 6.45) is 6.19. The average Bonchev–Trinajstić information content (AvgIpc) is 3.27. The molecule has 0 atom stereocenters. The minimum atomic E-state index is -0.321. The largest absolute Gasteiger partial charge is 0.375 e. The Bertz CT molecular complexity index is 774. The first-order chi connectivity index (χ1) is 12.6. The Morgan fingerprint density at radius 2 is 2.12 bits per heavy atom. The molecule has 1 spiro atoms. The summed E-state index contributed by atoms with van der Waals surface area (Å²) in [6.45, 7) is 5.47. The second-order valence-corrected chi connectivity index (χ2v) is 7.28. The molecule has 2 N–H and O–H groups in total. The molecular weight excluding hydrogens is 332 g/mol. The number of rotatable bonds is 4. The summed E-state index contributed by atoms with van der Waals surface area (Å²) in [7, 11) is 1.57. The van der Waals surface area contributed by atoms with E-state index >= 15 is 0 Å².